The lowest BCUT2D eigenvalue weighted by molar-refractivity contribution is 0.254. The molecule has 0 nitrogen and oxygen atoms in total. The molecule has 1 rings (SSSR count). The summed E-state index contributed by atoms with van der Waals surface area (Å²) < 4.78 is 11.7. The molecule has 1 fully saturated rings. The molecule has 1 saturated carbocycles. The van der Waals surface area contributed by atoms with E-state index in [9.17, 15) is 4.39 Å². The maximum atomic E-state index is 11.7. The molecule has 0 spiro atoms. The van der Waals surface area contributed by atoms with Gasteiger partial charge in [-0.25, -0.2) is 4.39 Å². The lowest BCUT2D eigenvalue weighted by Gasteiger charge is -2.23. The van der Waals surface area contributed by atoms with Gasteiger partial charge in [-0.3, -0.25) is 0 Å². The quantitative estimate of drug-likeness (QED) is 0.423. The lowest BCUT2D eigenvalue weighted by atomic mass is 9.85. The molecule has 0 saturated heterocycles. The molecular weight excluding hydrogens is 79.1 g/mol. The van der Waals surface area contributed by atoms with Crippen molar-refractivity contribution in [3.8, 4) is 0 Å². The van der Waals surface area contributed by atoms with Gasteiger partial charge in [0.25, 0.3) is 0 Å². The van der Waals surface area contributed by atoms with Crippen molar-refractivity contribution in [3.05, 3.63) is 6.17 Å². The van der Waals surface area contributed by atoms with Crippen LogP contribution >= 0.6 is 0 Å². The van der Waals surface area contributed by atoms with Crippen LogP contribution in [0.3, 0.4) is 0 Å². The minimum Gasteiger partial charge on any atom is -0.240 e. The van der Waals surface area contributed by atoms with E-state index in [1.54, 1.807) is 0 Å². The van der Waals surface area contributed by atoms with Crippen molar-refractivity contribution >= 4 is 0 Å². The van der Waals surface area contributed by atoms with E-state index in [0.717, 1.165) is 12.8 Å². The van der Waals surface area contributed by atoms with Crippen LogP contribution in [0, 0.1) is 12.1 Å². The van der Waals surface area contributed by atoms with Crippen LogP contribution < -0.4 is 0 Å². The van der Waals surface area contributed by atoms with Crippen molar-refractivity contribution in [2.75, 3.05) is 0 Å². The fraction of sp³-hybridized carbons (Fsp3) is 0.800. The first-order valence-corrected chi connectivity index (χ1v) is 2.29. The van der Waals surface area contributed by atoms with Gasteiger partial charge in [0.15, 0.2) is 0 Å². The topological polar surface area (TPSA) is 0 Å². The third kappa shape index (κ3) is 0.537. The summed E-state index contributed by atoms with van der Waals surface area (Å²) >= 11 is 0. The third-order valence-electron chi connectivity index (χ3n) is 1.14. The average molecular weight is 87.1 g/mol. The summed E-state index contributed by atoms with van der Waals surface area (Å²) in [6, 6.07) is 0. The van der Waals surface area contributed by atoms with Crippen LogP contribution in [0.1, 0.15) is 19.8 Å². The summed E-state index contributed by atoms with van der Waals surface area (Å²) in [4.78, 5) is 0. The molecule has 0 unspecified atom stereocenters. The summed E-state index contributed by atoms with van der Waals surface area (Å²) in [6.07, 6.45) is 1.63. The molecule has 0 amide bonds. The number of hydrogen-bond acceptors (Lipinski definition) is 0. The first-order chi connectivity index (χ1) is 2.79. The van der Waals surface area contributed by atoms with Crippen molar-refractivity contribution in [2.45, 2.75) is 19.8 Å². The second-order valence-electron chi connectivity index (χ2n) is 2.03. The number of halogens is 1. The van der Waals surface area contributed by atoms with Crippen LogP contribution in [0.15, 0.2) is 0 Å². The minimum atomic E-state index is 0.183. The Balaban J connectivity index is 2.11. The standard InChI is InChI=1S/C5H8F/c1-4-2-5(6)3-4/h4H,2-3H2,1H3. The summed E-state index contributed by atoms with van der Waals surface area (Å²) in [5.74, 6) is 0.630. The molecule has 0 atom stereocenters. The van der Waals surface area contributed by atoms with Crippen LogP contribution in [0.25, 0.3) is 0 Å². The first-order valence-electron chi connectivity index (χ1n) is 2.29. The lowest BCUT2D eigenvalue weighted by Crippen LogP contribution is -2.13. The van der Waals surface area contributed by atoms with Gasteiger partial charge in [-0.1, -0.05) is 6.92 Å². The Hall–Kier alpha value is -0.0700. The fourth-order valence-corrected chi connectivity index (χ4v) is 0.696. The largest absolute Gasteiger partial charge is 0.240 e. The Morgan fingerprint density at radius 2 is 2.17 bits per heavy atom. The zero-order chi connectivity index (χ0) is 4.57. The van der Waals surface area contributed by atoms with Crippen LogP contribution in [0.4, 0.5) is 4.39 Å². The van der Waals surface area contributed by atoms with Gasteiger partial charge in [-0.15, -0.1) is 0 Å². The maximum Gasteiger partial charge on any atom is 0.145 e. The Kier molecular flexibility index (Phi) is 0.827. The molecule has 1 aliphatic carbocycles. The highest BCUT2D eigenvalue weighted by Gasteiger charge is 2.25. The van der Waals surface area contributed by atoms with Gasteiger partial charge in [0, 0.05) is 0 Å². The fourth-order valence-electron chi connectivity index (χ4n) is 0.696. The third-order valence-corrected chi connectivity index (χ3v) is 1.14. The number of hydrogen-bond donors (Lipinski definition) is 0. The van der Waals surface area contributed by atoms with E-state index in [2.05, 4.69) is 6.92 Å². The van der Waals surface area contributed by atoms with Crippen LogP contribution in [-0.4, -0.2) is 0 Å². The maximum absolute atomic E-state index is 11.7. The van der Waals surface area contributed by atoms with E-state index in [1.807, 2.05) is 0 Å². The zero-order valence-electron chi connectivity index (χ0n) is 3.87. The molecule has 0 aromatic carbocycles. The van der Waals surface area contributed by atoms with Gasteiger partial charge in [0.1, 0.15) is 6.17 Å². The smallest absolute Gasteiger partial charge is 0.145 e. The molecule has 1 heteroatoms. The predicted molar refractivity (Wildman–Crippen MR) is 22.7 cm³/mol. The SMILES string of the molecule is CC1C[C](F)C1. The Morgan fingerprint density at radius 1 is 1.67 bits per heavy atom. The summed E-state index contributed by atoms with van der Waals surface area (Å²) in [6.45, 7) is 2.06. The van der Waals surface area contributed by atoms with Crippen molar-refractivity contribution < 1.29 is 4.39 Å². The highest BCUT2D eigenvalue weighted by Crippen LogP contribution is 2.35. The van der Waals surface area contributed by atoms with Crippen LogP contribution in [-0.2, 0) is 0 Å². The van der Waals surface area contributed by atoms with E-state index in [-0.39, 0.29) is 6.17 Å². The monoisotopic (exact) mass is 87.1 g/mol. The van der Waals surface area contributed by atoms with E-state index in [0.29, 0.717) is 5.92 Å². The van der Waals surface area contributed by atoms with Gasteiger partial charge in [-0.05, 0) is 18.8 Å². The summed E-state index contributed by atoms with van der Waals surface area (Å²) in [5, 5.41) is 0. The van der Waals surface area contributed by atoms with Crippen LogP contribution in [0.5, 0.6) is 0 Å². The molecular formula is C5H8F. The summed E-state index contributed by atoms with van der Waals surface area (Å²) in [5.41, 5.74) is 0. The molecule has 0 aliphatic heterocycles. The van der Waals surface area contributed by atoms with E-state index in [1.165, 1.54) is 0 Å². The molecule has 0 bridgehead atoms. The Bertz CT molecular complexity index is 39.9. The molecule has 6 heavy (non-hydrogen) atoms. The highest BCUT2D eigenvalue weighted by atomic mass is 19.1. The predicted octanol–water partition coefficient (Wildman–Crippen LogP) is 1.92. The van der Waals surface area contributed by atoms with Gasteiger partial charge in [-0.2, -0.15) is 0 Å². The summed E-state index contributed by atoms with van der Waals surface area (Å²) in [7, 11) is 0. The number of rotatable bonds is 0. The molecule has 0 aromatic heterocycles. The molecule has 0 N–H and O–H groups in total. The molecule has 0 heterocycles. The average Bonchev–Trinajstić information content (AvgIpc) is 1.33. The second-order valence-corrected chi connectivity index (χ2v) is 2.03. The zero-order valence-corrected chi connectivity index (χ0v) is 3.87. The highest BCUT2D eigenvalue weighted by molar-refractivity contribution is 4.91. The van der Waals surface area contributed by atoms with Gasteiger partial charge in [0.05, 0.1) is 0 Å². The van der Waals surface area contributed by atoms with E-state index < -0.39 is 0 Å². The first kappa shape index (κ1) is 4.10. The molecule has 1 radical (unpaired) electrons. The normalized spacial score (nSPS) is 27.0. The van der Waals surface area contributed by atoms with Gasteiger partial charge >= 0.3 is 0 Å². The second kappa shape index (κ2) is 1.21. The van der Waals surface area contributed by atoms with Crippen molar-refractivity contribution in [1.29, 1.82) is 0 Å². The molecule has 1 aliphatic rings. The minimum absolute atomic E-state index is 0.183. The van der Waals surface area contributed by atoms with E-state index in [4.69, 9.17) is 0 Å². The van der Waals surface area contributed by atoms with Gasteiger partial charge in [0.2, 0.25) is 0 Å². The Labute approximate surface area is 37.4 Å². The van der Waals surface area contributed by atoms with Crippen molar-refractivity contribution in [2.24, 2.45) is 5.92 Å². The molecule has 35 valence electrons. The Morgan fingerprint density at radius 3 is 2.17 bits per heavy atom. The van der Waals surface area contributed by atoms with Gasteiger partial charge < -0.3 is 0 Å². The van der Waals surface area contributed by atoms with Crippen molar-refractivity contribution in [1.82, 2.24) is 0 Å². The van der Waals surface area contributed by atoms with Crippen LogP contribution in [0.2, 0.25) is 0 Å². The molecule has 0 aromatic rings. The van der Waals surface area contributed by atoms with E-state index >= 15 is 0 Å². The van der Waals surface area contributed by atoms with Crippen molar-refractivity contribution in [3.63, 3.8) is 0 Å².